The number of anilines is 1. The number of rotatable bonds is 15. The molecule has 2 saturated carbocycles. The van der Waals surface area contributed by atoms with E-state index in [-0.39, 0.29) is 47.1 Å². The van der Waals surface area contributed by atoms with Crippen molar-refractivity contribution in [2.45, 2.75) is 94.3 Å². The molecule has 2 aliphatic carbocycles. The van der Waals surface area contributed by atoms with E-state index < -0.39 is 21.8 Å². The summed E-state index contributed by atoms with van der Waals surface area (Å²) in [5.41, 5.74) is 2.86. The number of hydrogen-bond donors (Lipinski definition) is 3. The van der Waals surface area contributed by atoms with Gasteiger partial charge in [0.15, 0.2) is 5.82 Å². The van der Waals surface area contributed by atoms with Gasteiger partial charge in [-0.2, -0.15) is 10.4 Å². The summed E-state index contributed by atoms with van der Waals surface area (Å²) in [4.78, 5) is 27.4. The summed E-state index contributed by atoms with van der Waals surface area (Å²) in [7, 11) is -4.15. The normalized spacial score (nSPS) is 20.0. The van der Waals surface area contributed by atoms with Gasteiger partial charge < -0.3 is 20.1 Å². The lowest BCUT2D eigenvalue weighted by molar-refractivity contribution is -0.124. The predicted molar refractivity (Wildman–Crippen MR) is 203 cm³/mol. The minimum Gasteiger partial charge on any atom is -0.373 e. The number of hydrogen-bond acceptors (Lipinski definition) is 8. The Balaban J connectivity index is 1.18. The second kappa shape index (κ2) is 18.2. The van der Waals surface area contributed by atoms with Crippen LogP contribution in [0.2, 0.25) is 0 Å². The fraction of sp³-hybridized carbons (Fsp3) is 0.366. The average molecular weight is 751 g/mol. The van der Waals surface area contributed by atoms with Crippen molar-refractivity contribution in [2.75, 3.05) is 4.72 Å². The van der Waals surface area contributed by atoms with Crippen molar-refractivity contribution in [1.29, 1.82) is 5.26 Å². The standard InChI is InChI=1S/C41H46N6O6S/c1-29(34-16-8-10-18-37(34)52-27-31-12-4-2-5-13-31)43-41(49)36-24-39(46-54(50,51)33-22-20-30(25-42)21-23-33)45-47(36)26-40(48)44-35-17-9-11-19-38(35)53-28-32-14-6-3-7-15-32/h2-7,12-15,20-24,34-35,37-38H,1,8-11,16-19,26-28H2,(H,43,49)(H,44,48)(H,45,46)/t34-,35+,37+,38+/m1/s1. The van der Waals surface area contributed by atoms with Crippen molar-refractivity contribution in [3.63, 3.8) is 0 Å². The van der Waals surface area contributed by atoms with Gasteiger partial charge in [-0.1, -0.05) is 92.9 Å². The highest BCUT2D eigenvalue weighted by atomic mass is 32.2. The Bertz CT molecular complexity index is 2050. The molecule has 12 nitrogen and oxygen atoms in total. The number of sulfonamides is 1. The van der Waals surface area contributed by atoms with E-state index in [1.807, 2.05) is 66.7 Å². The molecule has 0 bridgehead atoms. The fourth-order valence-corrected chi connectivity index (χ4v) is 8.06. The van der Waals surface area contributed by atoms with Crippen molar-refractivity contribution < 1.29 is 27.5 Å². The number of nitriles is 1. The van der Waals surface area contributed by atoms with Gasteiger partial charge in [-0.15, -0.1) is 0 Å². The van der Waals surface area contributed by atoms with Crippen LogP contribution in [0.15, 0.2) is 108 Å². The van der Waals surface area contributed by atoms with Crippen LogP contribution >= 0.6 is 0 Å². The van der Waals surface area contributed by atoms with Gasteiger partial charge in [-0.25, -0.2) is 13.1 Å². The lowest BCUT2D eigenvalue weighted by atomic mass is 9.84. The maximum Gasteiger partial charge on any atom is 0.273 e. The van der Waals surface area contributed by atoms with Crippen molar-refractivity contribution in [2.24, 2.45) is 5.92 Å². The van der Waals surface area contributed by atoms with E-state index in [1.165, 1.54) is 35.0 Å². The molecule has 0 aliphatic heterocycles. The summed E-state index contributed by atoms with van der Waals surface area (Å²) >= 11 is 0. The number of aromatic nitrogens is 2. The van der Waals surface area contributed by atoms with E-state index in [4.69, 9.17) is 14.7 Å². The average Bonchev–Trinajstić information content (AvgIpc) is 3.58. The molecule has 6 rings (SSSR count). The Hall–Kier alpha value is -5.29. The molecule has 3 N–H and O–H groups in total. The van der Waals surface area contributed by atoms with Gasteiger partial charge in [0.25, 0.3) is 15.9 Å². The summed E-state index contributed by atoms with van der Waals surface area (Å²) in [6.45, 7) is 4.73. The minimum absolute atomic E-state index is 0.0260. The highest BCUT2D eigenvalue weighted by Gasteiger charge is 2.31. The molecule has 54 heavy (non-hydrogen) atoms. The number of carbonyl (C=O) groups is 2. The third kappa shape index (κ3) is 10.2. The van der Waals surface area contributed by atoms with Crippen LogP contribution in [-0.2, 0) is 44.1 Å². The Morgan fingerprint density at radius 2 is 1.43 bits per heavy atom. The molecule has 4 aromatic rings. The van der Waals surface area contributed by atoms with E-state index in [1.54, 1.807) is 0 Å². The largest absolute Gasteiger partial charge is 0.373 e. The quantitative estimate of drug-likeness (QED) is 0.129. The first-order valence-corrected chi connectivity index (χ1v) is 19.9. The molecule has 282 valence electrons. The molecular weight excluding hydrogens is 705 g/mol. The number of carbonyl (C=O) groups excluding carboxylic acids is 2. The van der Waals surface area contributed by atoms with Gasteiger partial charge in [0, 0.05) is 17.7 Å². The second-order valence-electron chi connectivity index (χ2n) is 13.8. The van der Waals surface area contributed by atoms with Gasteiger partial charge in [0.2, 0.25) is 5.91 Å². The van der Waals surface area contributed by atoms with E-state index in [0.29, 0.717) is 24.5 Å². The van der Waals surface area contributed by atoms with Crippen LogP contribution in [0.5, 0.6) is 0 Å². The van der Waals surface area contributed by atoms with Crippen LogP contribution in [0.25, 0.3) is 0 Å². The zero-order valence-electron chi connectivity index (χ0n) is 30.2. The lowest BCUT2D eigenvalue weighted by Crippen LogP contribution is -2.47. The first-order chi connectivity index (χ1) is 26.2. The molecule has 3 aromatic carbocycles. The zero-order valence-corrected chi connectivity index (χ0v) is 31.0. The van der Waals surface area contributed by atoms with Gasteiger partial charge in [-0.05, 0) is 61.1 Å². The first kappa shape index (κ1) is 38.4. The smallest absolute Gasteiger partial charge is 0.273 e. The fourth-order valence-electron chi connectivity index (χ4n) is 7.08. The molecule has 13 heteroatoms. The van der Waals surface area contributed by atoms with Crippen LogP contribution in [0.1, 0.15) is 78.5 Å². The molecule has 2 amide bonds. The Kier molecular flexibility index (Phi) is 12.9. The molecular formula is C41H46N6O6S. The summed E-state index contributed by atoms with van der Waals surface area (Å²) in [6.07, 6.45) is 6.69. The summed E-state index contributed by atoms with van der Waals surface area (Å²) in [5.74, 6) is -1.27. The van der Waals surface area contributed by atoms with Gasteiger partial charge in [-0.3, -0.25) is 14.3 Å². The molecule has 1 heterocycles. The highest BCUT2D eigenvalue weighted by Crippen LogP contribution is 2.32. The van der Waals surface area contributed by atoms with Crippen LogP contribution in [0, 0.1) is 17.2 Å². The summed E-state index contributed by atoms with van der Waals surface area (Å²) in [5, 5.41) is 19.5. The van der Waals surface area contributed by atoms with Crippen molar-refractivity contribution >= 4 is 27.7 Å². The summed E-state index contributed by atoms with van der Waals surface area (Å²) in [6, 6.07) is 28.2. The monoisotopic (exact) mass is 750 g/mol. The van der Waals surface area contributed by atoms with E-state index in [9.17, 15) is 18.0 Å². The molecule has 0 spiro atoms. The lowest BCUT2D eigenvalue weighted by Gasteiger charge is -2.33. The minimum atomic E-state index is -4.15. The molecule has 2 fully saturated rings. The third-order valence-corrected chi connectivity index (χ3v) is 11.3. The summed E-state index contributed by atoms with van der Waals surface area (Å²) < 4.78 is 42.8. The van der Waals surface area contributed by atoms with E-state index >= 15 is 0 Å². The van der Waals surface area contributed by atoms with Crippen molar-refractivity contribution in [1.82, 2.24) is 20.4 Å². The Morgan fingerprint density at radius 3 is 2.07 bits per heavy atom. The van der Waals surface area contributed by atoms with Gasteiger partial charge >= 0.3 is 0 Å². The van der Waals surface area contributed by atoms with Gasteiger partial charge in [0.05, 0.1) is 48.0 Å². The molecule has 0 radical (unpaired) electrons. The van der Waals surface area contributed by atoms with Crippen molar-refractivity contribution in [3.05, 3.63) is 126 Å². The zero-order chi connectivity index (χ0) is 37.9. The molecule has 0 unspecified atom stereocenters. The maximum atomic E-state index is 13.9. The number of amides is 2. The number of ether oxygens (including phenoxy) is 2. The number of nitrogens with zero attached hydrogens (tertiary/aromatic N) is 3. The second-order valence-corrected chi connectivity index (χ2v) is 15.5. The topological polar surface area (TPSA) is 164 Å². The first-order valence-electron chi connectivity index (χ1n) is 18.4. The van der Waals surface area contributed by atoms with Crippen molar-refractivity contribution in [3.8, 4) is 6.07 Å². The molecule has 0 saturated heterocycles. The Labute approximate surface area is 316 Å². The molecule has 4 atom stereocenters. The molecule has 2 aliphatic rings. The third-order valence-electron chi connectivity index (χ3n) is 9.93. The Morgan fingerprint density at radius 1 is 0.833 bits per heavy atom. The van der Waals surface area contributed by atoms with Crippen LogP contribution < -0.4 is 15.4 Å². The van der Waals surface area contributed by atoms with E-state index in [0.717, 1.165) is 62.5 Å². The maximum absolute atomic E-state index is 13.9. The molecule has 1 aromatic heterocycles. The highest BCUT2D eigenvalue weighted by molar-refractivity contribution is 7.92. The van der Waals surface area contributed by atoms with Crippen LogP contribution in [0.3, 0.4) is 0 Å². The van der Waals surface area contributed by atoms with Crippen LogP contribution in [0.4, 0.5) is 5.82 Å². The van der Waals surface area contributed by atoms with E-state index in [2.05, 4.69) is 27.0 Å². The van der Waals surface area contributed by atoms with Gasteiger partial charge in [0.1, 0.15) is 12.2 Å². The van der Waals surface area contributed by atoms with Crippen LogP contribution in [-0.4, -0.2) is 48.3 Å². The predicted octanol–water partition coefficient (Wildman–Crippen LogP) is 6.22. The number of nitrogens with one attached hydrogen (secondary N) is 3. The number of benzene rings is 3. The SMILES string of the molecule is C=C(NC(=O)c1cc(NS(=O)(=O)c2ccc(C#N)cc2)nn1CC(=O)N[C@H]1CCCC[C@@H]1OCc1ccccc1)[C@H]1CCCC[C@@H]1OCc1ccccc1.